The highest BCUT2D eigenvalue weighted by molar-refractivity contribution is 7.98. The second kappa shape index (κ2) is 9.58. The first-order valence-electron chi connectivity index (χ1n) is 10.4. The lowest BCUT2D eigenvalue weighted by Crippen LogP contribution is -2.43. The molecule has 1 atom stereocenters. The van der Waals surface area contributed by atoms with Gasteiger partial charge in [-0.15, -0.1) is 11.8 Å². The predicted molar refractivity (Wildman–Crippen MR) is 126 cm³/mol. The molecule has 0 spiro atoms. The predicted octanol–water partition coefficient (Wildman–Crippen LogP) is 8.23. The Bertz CT molecular complexity index is 1190. The summed E-state index contributed by atoms with van der Waals surface area (Å²) in [6, 6.07) is 21.1. The topological polar surface area (TPSA) is 15.6 Å². The van der Waals surface area contributed by atoms with Crippen molar-refractivity contribution in [2.45, 2.75) is 36.0 Å². The van der Waals surface area contributed by atoms with Gasteiger partial charge in [0.1, 0.15) is 5.71 Å². The van der Waals surface area contributed by atoms with Crippen LogP contribution in [0.4, 0.5) is 22.0 Å². The van der Waals surface area contributed by atoms with E-state index in [0.717, 1.165) is 16.0 Å². The van der Waals surface area contributed by atoms with Crippen molar-refractivity contribution in [2.75, 3.05) is 6.26 Å². The Hall–Kier alpha value is -2.58. The zero-order valence-electron chi connectivity index (χ0n) is 18.0. The van der Waals surface area contributed by atoms with Crippen molar-refractivity contribution in [3.05, 3.63) is 88.9 Å². The van der Waals surface area contributed by atoms with Crippen LogP contribution in [0.2, 0.25) is 5.02 Å². The second-order valence-corrected chi connectivity index (χ2v) is 9.17. The third-order valence-corrected chi connectivity index (χ3v) is 6.80. The van der Waals surface area contributed by atoms with E-state index in [1.807, 2.05) is 42.7 Å². The lowest BCUT2D eigenvalue weighted by Gasteiger charge is -2.24. The van der Waals surface area contributed by atoms with E-state index in [9.17, 15) is 22.0 Å². The Morgan fingerprint density at radius 1 is 0.941 bits per heavy atom. The summed E-state index contributed by atoms with van der Waals surface area (Å²) in [5.74, 6) is -5.02. The molecule has 34 heavy (non-hydrogen) atoms. The van der Waals surface area contributed by atoms with Crippen molar-refractivity contribution >= 4 is 29.1 Å². The molecule has 1 aliphatic rings. The molecule has 0 saturated carbocycles. The first-order valence-corrected chi connectivity index (χ1v) is 12.0. The SMILES string of the molecule is CSc1cccc(-c2ccc(C3CC(C(F)(F)C(F)(F)F)=NN3Cc3ccccc3Cl)cc2)c1. The number of hydrazone groups is 1. The van der Waals surface area contributed by atoms with Crippen molar-refractivity contribution in [3.8, 4) is 11.1 Å². The van der Waals surface area contributed by atoms with Crippen molar-refractivity contribution in [3.63, 3.8) is 0 Å². The lowest BCUT2D eigenvalue weighted by molar-refractivity contribution is -0.249. The minimum atomic E-state index is -5.72. The smallest absolute Gasteiger partial charge is 0.285 e. The van der Waals surface area contributed by atoms with Gasteiger partial charge in [-0.1, -0.05) is 66.2 Å². The van der Waals surface area contributed by atoms with Gasteiger partial charge in [0.05, 0.1) is 12.6 Å². The Labute approximate surface area is 203 Å². The summed E-state index contributed by atoms with van der Waals surface area (Å²) in [6.45, 7) is -0.000697. The molecular weight excluding hydrogens is 491 g/mol. The lowest BCUT2D eigenvalue weighted by atomic mass is 9.96. The highest BCUT2D eigenvalue weighted by atomic mass is 35.5. The van der Waals surface area contributed by atoms with Gasteiger partial charge in [-0.05, 0) is 46.7 Å². The van der Waals surface area contributed by atoms with Crippen molar-refractivity contribution in [1.29, 1.82) is 0 Å². The number of alkyl halides is 5. The maximum Gasteiger partial charge on any atom is 0.459 e. The fourth-order valence-electron chi connectivity index (χ4n) is 3.85. The molecule has 0 amide bonds. The molecule has 9 heteroatoms. The van der Waals surface area contributed by atoms with Gasteiger partial charge in [0.15, 0.2) is 0 Å². The van der Waals surface area contributed by atoms with Crippen LogP contribution in [0.25, 0.3) is 11.1 Å². The number of benzene rings is 3. The van der Waals surface area contributed by atoms with Crippen LogP contribution in [-0.4, -0.2) is 29.1 Å². The minimum Gasteiger partial charge on any atom is -0.285 e. The quantitative estimate of drug-likeness (QED) is 0.245. The first kappa shape index (κ1) is 24.5. The average Bonchev–Trinajstić information content (AvgIpc) is 3.24. The van der Waals surface area contributed by atoms with Gasteiger partial charge in [-0.25, -0.2) is 0 Å². The Morgan fingerprint density at radius 3 is 2.29 bits per heavy atom. The van der Waals surface area contributed by atoms with E-state index in [2.05, 4.69) is 5.10 Å². The molecule has 0 aromatic heterocycles. The highest BCUT2D eigenvalue weighted by Gasteiger charge is 2.62. The molecule has 1 heterocycles. The average molecular weight is 511 g/mol. The van der Waals surface area contributed by atoms with E-state index >= 15 is 0 Å². The van der Waals surface area contributed by atoms with E-state index < -0.39 is 30.3 Å². The molecule has 1 aliphatic heterocycles. The molecule has 3 aromatic rings. The van der Waals surface area contributed by atoms with Crippen LogP contribution in [0.1, 0.15) is 23.6 Å². The maximum atomic E-state index is 14.2. The minimum absolute atomic E-state index is 0.000697. The van der Waals surface area contributed by atoms with Gasteiger partial charge in [0, 0.05) is 16.3 Å². The Balaban J connectivity index is 1.66. The molecule has 0 bridgehead atoms. The van der Waals surface area contributed by atoms with E-state index in [-0.39, 0.29) is 6.54 Å². The molecule has 3 aromatic carbocycles. The second-order valence-electron chi connectivity index (χ2n) is 7.88. The third-order valence-electron chi connectivity index (χ3n) is 5.70. The fourth-order valence-corrected chi connectivity index (χ4v) is 4.50. The molecular formula is C25H20ClF5N2S. The highest BCUT2D eigenvalue weighted by Crippen LogP contribution is 2.44. The molecule has 178 valence electrons. The van der Waals surface area contributed by atoms with Gasteiger partial charge in [-0.3, -0.25) is 5.01 Å². The third kappa shape index (κ3) is 4.93. The largest absolute Gasteiger partial charge is 0.459 e. The van der Waals surface area contributed by atoms with E-state index in [4.69, 9.17) is 11.6 Å². The number of thioether (sulfide) groups is 1. The van der Waals surface area contributed by atoms with Crippen molar-refractivity contribution < 1.29 is 22.0 Å². The summed E-state index contributed by atoms with van der Waals surface area (Å²) >= 11 is 7.82. The maximum absolute atomic E-state index is 14.2. The normalized spacial score (nSPS) is 16.6. The van der Waals surface area contributed by atoms with Crippen LogP contribution in [0.3, 0.4) is 0 Å². The van der Waals surface area contributed by atoms with Crippen molar-refractivity contribution in [1.82, 2.24) is 5.01 Å². The van der Waals surface area contributed by atoms with Gasteiger partial charge >= 0.3 is 12.1 Å². The van der Waals surface area contributed by atoms with Crippen LogP contribution in [0.15, 0.2) is 82.8 Å². The van der Waals surface area contributed by atoms with Crippen LogP contribution < -0.4 is 0 Å². The molecule has 0 fully saturated rings. The molecule has 0 saturated heterocycles. The summed E-state index contributed by atoms with van der Waals surface area (Å²) in [5, 5.41) is 5.39. The number of halogens is 6. The van der Waals surface area contributed by atoms with Gasteiger partial charge in [-0.2, -0.15) is 27.1 Å². The summed E-state index contributed by atoms with van der Waals surface area (Å²) < 4.78 is 67.5. The van der Waals surface area contributed by atoms with Crippen LogP contribution in [0, 0.1) is 0 Å². The monoisotopic (exact) mass is 510 g/mol. The first-order chi connectivity index (χ1) is 16.1. The Morgan fingerprint density at radius 2 is 1.65 bits per heavy atom. The summed E-state index contributed by atoms with van der Waals surface area (Å²) in [6.07, 6.45) is -4.29. The molecule has 4 rings (SSSR count). The standard InChI is InChI=1S/C25H20ClF5N2S/c1-34-20-7-4-6-18(13-20)16-9-11-17(12-10-16)22-14-23(24(27,28)25(29,30)31)32-33(22)15-19-5-2-3-8-21(19)26/h2-13,22H,14-15H2,1H3. The number of hydrogen-bond donors (Lipinski definition) is 0. The number of rotatable bonds is 6. The van der Waals surface area contributed by atoms with Crippen LogP contribution in [-0.2, 0) is 6.54 Å². The zero-order valence-corrected chi connectivity index (χ0v) is 19.6. The van der Waals surface area contributed by atoms with E-state index in [0.29, 0.717) is 16.1 Å². The Kier molecular flexibility index (Phi) is 6.92. The van der Waals surface area contributed by atoms with Crippen LogP contribution in [0.5, 0.6) is 0 Å². The van der Waals surface area contributed by atoms with Crippen LogP contribution >= 0.6 is 23.4 Å². The fraction of sp³-hybridized carbons (Fsp3) is 0.240. The molecule has 2 nitrogen and oxygen atoms in total. The summed E-state index contributed by atoms with van der Waals surface area (Å²) in [7, 11) is 0. The van der Waals surface area contributed by atoms with E-state index in [1.165, 1.54) is 5.01 Å². The summed E-state index contributed by atoms with van der Waals surface area (Å²) in [5.41, 5.74) is 1.87. The van der Waals surface area contributed by atoms with Gasteiger partial charge < -0.3 is 0 Å². The molecule has 1 unspecified atom stereocenters. The number of nitrogens with zero attached hydrogens (tertiary/aromatic N) is 2. The molecule has 0 N–H and O–H groups in total. The van der Waals surface area contributed by atoms with Gasteiger partial charge in [0.2, 0.25) is 0 Å². The van der Waals surface area contributed by atoms with Gasteiger partial charge in [0.25, 0.3) is 0 Å². The summed E-state index contributed by atoms with van der Waals surface area (Å²) in [4.78, 5) is 1.09. The molecule has 0 aliphatic carbocycles. The molecule has 0 radical (unpaired) electrons. The van der Waals surface area contributed by atoms with E-state index in [1.54, 1.807) is 48.2 Å². The van der Waals surface area contributed by atoms with Crippen molar-refractivity contribution in [2.24, 2.45) is 5.10 Å². The zero-order chi connectivity index (χ0) is 24.5. The number of hydrogen-bond acceptors (Lipinski definition) is 3.